The summed E-state index contributed by atoms with van der Waals surface area (Å²) in [6.07, 6.45) is 7.98. The average Bonchev–Trinajstić information content (AvgIpc) is 3.70. The smallest absolute Gasteiger partial charge is 0.170 e. The third kappa shape index (κ3) is 5.06. The molecule has 2 heterocycles. The fourth-order valence-corrected chi connectivity index (χ4v) is 14.6. The molecule has 1 aromatic rings. The Hall–Kier alpha value is -1.06. The van der Waals surface area contributed by atoms with Crippen molar-refractivity contribution in [3.63, 3.8) is 0 Å². The summed E-state index contributed by atoms with van der Waals surface area (Å²) in [5, 5.41) is 23.7. The highest BCUT2D eigenvalue weighted by atomic mass is 16.7. The molecule has 7 fully saturated rings. The summed E-state index contributed by atoms with van der Waals surface area (Å²) in [6.45, 7) is 22.0. The molecular weight excluding hydrogens is 626 g/mol. The van der Waals surface area contributed by atoms with Crippen molar-refractivity contribution in [3.8, 4) is 0 Å². The summed E-state index contributed by atoms with van der Waals surface area (Å²) in [5.41, 5.74) is 0.862. The molecule has 2 aliphatic heterocycles. The number of hydrogen-bond acceptors (Lipinski definition) is 7. The van der Waals surface area contributed by atoms with Crippen LogP contribution in [0.1, 0.15) is 112 Å². The summed E-state index contributed by atoms with van der Waals surface area (Å²) < 4.78 is 26.4. The van der Waals surface area contributed by atoms with Crippen LogP contribution in [0.25, 0.3) is 0 Å². The number of ether oxygens (including phenoxy) is 4. The van der Waals surface area contributed by atoms with Gasteiger partial charge >= 0.3 is 0 Å². The maximum absolute atomic E-state index is 12.6. The van der Waals surface area contributed by atoms with Crippen molar-refractivity contribution >= 4 is 0 Å². The van der Waals surface area contributed by atoms with Crippen LogP contribution in [-0.4, -0.2) is 83.8 Å². The van der Waals surface area contributed by atoms with E-state index in [-0.39, 0.29) is 40.8 Å². The zero-order chi connectivity index (χ0) is 35.5. The molecular formula is C43H67NO6. The fraction of sp³-hybridized carbons (Fsp3) is 0.860. The first-order valence-electron chi connectivity index (χ1n) is 20.3. The van der Waals surface area contributed by atoms with Gasteiger partial charge in [0, 0.05) is 31.7 Å². The van der Waals surface area contributed by atoms with Gasteiger partial charge in [-0.25, -0.2) is 0 Å². The highest BCUT2D eigenvalue weighted by Gasteiger charge is 2.84. The van der Waals surface area contributed by atoms with Gasteiger partial charge in [0.2, 0.25) is 0 Å². The van der Waals surface area contributed by atoms with Gasteiger partial charge in [0.15, 0.2) is 6.29 Å². The SMILES string of the molecule is CCO[C@@H](C1C[C@@H](C)[C@H]2C(O1)[C@H](O)[C@@]1(C)C3CC[C@H]4C(C)(C)C(OC5CN(Cc6ccccc6)CCO5)CC[C@@]45C[C@@]35CC[C@]21C)C(C)(C)O. The minimum absolute atomic E-state index is 0.0175. The van der Waals surface area contributed by atoms with E-state index in [0.717, 1.165) is 39.1 Å². The molecule has 5 aliphatic carbocycles. The lowest BCUT2D eigenvalue weighted by molar-refractivity contribution is -0.249. The molecule has 280 valence electrons. The van der Waals surface area contributed by atoms with E-state index in [2.05, 4.69) is 69.9 Å². The van der Waals surface area contributed by atoms with E-state index in [4.69, 9.17) is 18.9 Å². The molecule has 50 heavy (non-hydrogen) atoms. The molecule has 14 atom stereocenters. The lowest BCUT2D eigenvalue weighted by Crippen LogP contribution is -2.60. The van der Waals surface area contributed by atoms with E-state index >= 15 is 0 Å². The standard InChI is InChI=1S/C43H67NO6/c1-9-47-37(39(5,6)46)29-23-27(2)34-35(49-29)36(45)41(8)31-16-15-30-38(3,4)32(17-18-42(30)26-43(31,42)20-19-40(34,41)7)50-33-25-44(21-22-48-33)24-28-13-11-10-12-14-28/h10-14,27,29-37,45-46H,9,15-26H2,1-8H3/t27-,29?,30+,31?,32?,33?,34+,35?,36+,37+,40-,41-,42-,43+/m1/s1. The lowest BCUT2D eigenvalue weighted by atomic mass is 9.41. The van der Waals surface area contributed by atoms with Crippen LogP contribution in [0.5, 0.6) is 0 Å². The van der Waals surface area contributed by atoms with Crippen LogP contribution < -0.4 is 0 Å². The number of fused-ring (bicyclic) bond motifs is 4. The van der Waals surface area contributed by atoms with Crippen LogP contribution in [0.4, 0.5) is 0 Å². The monoisotopic (exact) mass is 693 g/mol. The molecule has 2 spiro atoms. The topological polar surface area (TPSA) is 80.6 Å². The molecule has 7 nitrogen and oxygen atoms in total. The Bertz CT molecular complexity index is 1400. The van der Waals surface area contributed by atoms with Crippen molar-refractivity contribution in [1.82, 2.24) is 4.90 Å². The van der Waals surface area contributed by atoms with E-state index < -0.39 is 17.8 Å². The Morgan fingerprint density at radius 1 is 1.00 bits per heavy atom. The predicted octanol–water partition coefficient (Wildman–Crippen LogP) is 7.22. The third-order valence-corrected chi connectivity index (χ3v) is 16.8. The van der Waals surface area contributed by atoms with Gasteiger partial charge in [0.1, 0.15) is 6.10 Å². The minimum atomic E-state index is -1.01. The van der Waals surface area contributed by atoms with Crippen LogP contribution >= 0.6 is 0 Å². The van der Waals surface area contributed by atoms with E-state index in [9.17, 15) is 10.2 Å². The van der Waals surface area contributed by atoms with Crippen LogP contribution in [0.15, 0.2) is 30.3 Å². The Morgan fingerprint density at radius 3 is 2.44 bits per heavy atom. The summed E-state index contributed by atoms with van der Waals surface area (Å²) in [4.78, 5) is 2.49. The van der Waals surface area contributed by atoms with E-state index in [1.807, 2.05) is 20.8 Å². The van der Waals surface area contributed by atoms with Gasteiger partial charge in [0.05, 0.1) is 36.6 Å². The zero-order valence-electron chi connectivity index (χ0n) is 32.3. The number of hydrogen-bond donors (Lipinski definition) is 2. The summed E-state index contributed by atoms with van der Waals surface area (Å²) >= 11 is 0. The molecule has 5 unspecified atom stereocenters. The number of aliphatic hydroxyl groups excluding tert-OH is 1. The summed E-state index contributed by atoms with van der Waals surface area (Å²) in [5.74, 6) is 1.82. The number of rotatable bonds is 8. The molecule has 0 aromatic heterocycles. The second-order valence-corrected chi connectivity index (χ2v) is 19.7. The van der Waals surface area contributed by atoms with E-state index in [1.165, 1.54) is 44.1 Å². The molecule has 5 saturated carbocycles. The number of nitrogens with zero attached hydrogens (tertiary/aromatic N) is 1. The van der Waals surface area contributed by atoms with Gasteiger partial charge in [-0.3, -0.25) is 4.90 Å². The van der Waals surface area contributed by atoms with Crippen LogP contribution in [0, 0.1) is 50.7 Å². The first-order valence-corrected chi connectivity index (χ1v) is 20.3. The first-order chi connectivity index (χ1) is 23.6. The third-order valence-electron chi connectivity index (χ3n) is 16.8. The van der Waals surface area contributed by atoms with Crippen LogP contribution in [-0.2, 0) is 25.5 Å². The molecule has 0 bridgehead atoms. The normalized spacial score (nSPS) is 48.8. The summed E-state index contributed by atoms with van der Waals surface area (Å²) in [6, 6.07) is 10.8. The summed E-state index contributed by atoms with van der Waals surface area (Å²) in [7, 11) is 0. The number of aliphatic hydroxyl groups is 2. The molecule has 7 aliphatic rings. The number of benzene rings is 1. The van der Waals surface area contributed by atoms with Gasteiger partial charge in [0.25, 0.3) is 0 Å². The highest BCUT2D eigenvalue weighted by molar-refractivity contribution is 5.33. The maximum Gasteiger partial charge on any atom is 0.170 e. The lowest BCUT2D eigenvalue weighted by Gasteiger charge is -2.64. The molecule has 7 heteroatoms. The van der Waals surface area contributed by atoms with Crippen molar-refractivity contribution in [2.24, 2.45) is 50.7 Å². The quantitative estimate of drug-likeness (QED) is 0.298. The van der Waals surface area contributed by atoms with Crippen molar-refractivity contribution in [2.45, 2.75) is 156 Å². The Balaban J connectivity index is 1.00. The van der Waals surface area contributed by atoms with Crippen molar-refractivity contribution < 1.29 is 29.2 Å². The Labute approximate surface area is 302 Å². The minimum Gasteiger partial charge on any atom is -0.390 e. The first kappa shape index (κ1) is 35.9. The molecule has 1 aromatic carbocycles. The van der Waals surface area contributed by atoms with Crippen LogP contribution in [0.3, 0.4) is 0 Å². The highest BCUT2D eigenvalue weighted by Crippen LogP contribution is 2.89. The molecule has 0 amide bonds. The van der Waals surface area contributed by atoms with Gasteiger partial charge in [-0.05, 0) is 123 Å². The van der Waals surface area contributed by atoms with Crippen molar-refractivity contribution in [3.05, 3.63) is 35.9 Å². The maximum atomic E-state index is 12.6. The number of morpholine rings is 1. The predicted molar refractivity (Wildman–Crippen MR) is 194 cm³/mol. The van der Waals surface area contributed by atoms with Crippen LogP contribution in [0.2, 0.25) is 0 Å². The van der Waals surface area contributed by atoms with Gasteiger partial charge < -0.3 is 29.2 Å². The van der Waals surface area contributed by atoms with Crippen molar-refractivity contribution in [2.75, 3.05) is 26.3 Å². The van der Waals surface area contributed by atoms with Crippen molar-refractivity contribution in [1.29, 1.82) is 0 Å². The zero-order valence-corrected chi connectivity index (χ0v) is 32.3. The van der Waals surface area contributed by atoms with E-state index in [0.29, 0.717) is 41.1 Å². The largest absolute Gasteiger partial charge is 0.390 e. The Kier molecular flexibility index (Phi) is 8.79. The van der Waals surface area contributed by atoms with E-state index in [1.54, 1.807) is 0 Å². The Morgan fingerprint density at radius 2 is 1.72 bits per heavy atom. The van der Waals surface area contributed by atoms with Gasteiger partial charge in [-0.2, -0.15) is 0 Å². The van der Waals surface area contributed by atoms with Gasteiger partial charge in [-0.15, -0.1) is 0 Å². The molecule has 2 N–H and O–H groups in total. The second-order valence-electron chi connectivity index (χ2n) is 19.7. The van der Waals surface area contributed by atoms with Gasteiger partial charge in [-0.1, -0.05) is 65.0 Å². The molecule has 0 radical (unpaired) electrons. The fourth-order valence-electron chi connectivity index (χ4n) is 14.6. The second kappa shape index (κ2) is 12.2. The average molecular weight is 694 g/mol. The molecule has 2 saturated heterocycles. The molecule has 8 rings (SSSR count).